The van der Waals surface area contributed by atoms with Crippen LogP contribution >= 0.6 is 0 Å². The summed E-state index contributed by atoms with van der Waals surface area (Å²) in [6.45, 7) is 2.11. The highest BCUT2D eigenvalue weighted by atomic mass is 16.5. The van der Waals surface area contributed by atoms with Crippen molar-refractivity contribution in [1.82, 2.24) is 10.2 Å². The molecule has 1 saturated heterocycles. The van der Waals surface area contributed by atoms with Gasteiger partial charge in [-0.25, -0.2) is 9.59 Å². The zero-order valence-corrected chi connectivity index (χ0v) is 18.8. The number of hydrogen-bond acceptors (Lipinski definition) is 4. The monoisotopic (exact) mass is 450 g/mol. The van der Waals surface area contributed by atoms with Crippen LogP contribution in [0.15, 0.2) is 48.5 Å². The van der Waals surface area contributed by atoms with Crippen LogP contribution in [0.2, 0.25) is 0 Å². The van der Waals surface area contributed by atoms with Gasteiger partial charge in [0.2, 0.25) is 5.91 Å². The molecule has 1 fully saturated rings. The van der Waals surface area contributed by atoms with E-state index in [4.69, 9.17) is 4.74 Å². The highest BCUT2D eigenvalue weighted by Gasteiger charge is 2.34. The average molecular weight is 451 g/mol. The quantitative estimate of drug-likeness (QED) is 0.713. The van der Waals surface area contributed by atoms with Crippen molar-refractivity contribution in [1.29, 1.82) is 0 Å². The zero-order chi connectivity index (χ0) is 23.4. The van der Waals surface area contributed by atoms with Gasteiger partial charge in [-0.2, -0.15) is 0 Å². The van der Waals surface area contributed by atoms with E-state index in [1.165, 1.54) is 4.90 Å². The third kappa shape index (κ3) is 4.87. The van der Waals surface area contributed by atoms with E-state index in [0.29, 0.717) is 13.0 Å². The molecule has 1 unspecified atom stereocenters. The van der Waals surface area contributed by atoms with Crippen LogP contribution in [-0.2, 0) is 14.3 Å². The molecular weight excluding hydrogens is 420 g/mol. The van der Waals surface area contributed by atoms with Crippen molar-refractivity contribution < 1.29 is 24.2 Å². The Labute approximate surface area is 193 Å². The number of carboxylic acids is 1. The highest BCUT2D eigenvalue weighted by molar-refractivity contribution is 5.89. The van der Waals surface area contributed by atoms with Gasteiger partial charge in [-0.3, -0.25) is 4.79 Å². The number of carbonyl (C=O) groups is 3. The number of ether oxygens (including phenoxy) is 1. The molecule has 7 nitrogen and oxygen atoms in total. The fourth-order valence-electron chi connectivity index (χ4n) is 4.93. The highest BCUT2D eigenvalue weighted by Crippen LogP contribution is 2.44. The number of alkyl carbamates (subject to hydrolysis) is 1. The Morgan fingerprint density at radius 3 is 2.24 bits per heavy atom. The molecule has 2 aromatic carbocycles. The predicted octanol–water partition coefficient (Wildman–Crippen LogP) is 4.16. The average Bonchev–Trinajstić information content (AvgIpc) is 3.11. The minimum absolute atomic E-state index is 0.0695. The van der Waals surface area contributed by atoms with E-state index in [9.17, 15) is 19.5 Å². The molecule has 2 N–H and O–H groups in total. The second-order valence-electron chi connectivity index (χ2n) is 8.78. The molecule has 174 valence electrons. The van der Waals surface area contributed by atoms with E-state index in [1.54, 1.807) is 6.92 Å². The molecule has 1 aliphatic carbocycles. The Bertz CT molecular complexity index is 991. The molecule has 1 aliphatic heterocycles. The molecular formula is C26H30N2O5. The number of carbonyl (C=O) groups excluding carboxylic acids is 2. The number of carboxylic acid groups (broad SMARTS) is 1. The summed E-state index contributed by atoms with van der Waals surface area (Å²) in [6, 6.07) is 14.4. The number of nitrogens with one attached hydrogen (secondary N) is 1. The standard InChI is InChI=1S/C26H30N2O5/c1-17(24(29)28-15-9-3-2-4-14-23(28)25(30)31)27-26(32)33-16-22-20-12-7-5-10-18(20)19-11-6-8-13-21(19)22/h5-8,10-13,17,22-23H,2-4,9,14-16H2,1H3,(H,27,32)(H,30,31)/t17-,23?/m0/s1. The Balaban J connectivity index is 1.39. The molecule has 0 bridgehead atoms. The lowest BCUT2D eigenvalue weighted by molar-refractivity contribution is -0.151. The van der Waals surface area contributed by atoms with Crippen molar-refractivity contribution in [3.05, 3.63) is 59.7 Å². The van der Waals surface area contributed by atoms with Crippen molar-refractivity contribution in [3.63, 3.8) is 0 Å². The fourth-order valence-corrected chi connectivity index (χ4v) is 4.93. The third-order valence-corrected chi connectivity index (χ3v) is 6.62. The molecule has 2 aromatic rings. The molecule has 2 atom stereocenters. The molecule has 33 heavy (non-hydrogen) atoms. The second kappa shape index (κ2) is 10.1. The minimum Gasteiger partial charge on any atom is -0.480 e. The van der Waals surface area contributed by atoms with Gasteiger partial charge in [0.15, 0.2) is 0 Å². The second-order valence-corrected chi connectivity index (χ2v) is 8.78. The van der Waals surface area contributed by atoms with Crippen molar-refractivity contribution >= 4 is 18.0 Å². The van der Waals surface area contributed by atoms with Crippen LogP contribution in [0.25, 0.3) is 11.1 Å². The summed E-state index contributed by atoms with van der Waals surface area (Å²) >= 11 is 0. The Morgan fingerprint density at radius 2 is 1.61 bits per heavy atom. The first kappa shape index (κ1) is 22.8. The fraction of sp³-hybridized carbons (Fsp3) is 0.423. The van der Waals surface area contributed by atoms with Gasteiger partial charge in [-0.05, 0) is 42.0 Å². The number of nitrogens with zero attached hydrogens (tertiary/aromatic N) is 1. The maximum atomic E-state index is 13.0. The number of fused-ring (bicyclic) bond motifs is 3. The summed E-state index contributed by atoms with van der Waals surface area (Å²) in [4.78, 5) is 38.7. The lowest BCUT2D eigenvalue weighted by Crippen LogP contribution is -2.53. The summed E-state index contributed by atoms with van der Waals surface area (Å²) in [5, 5.41) is 12.2. The Kier molecular flexibility index (Phi) is 6.96. The van der Waals surface area contributed by atoms with Crippen molar-refractivity contribution in [2.45, 2.75) is 57.0 Å². The molecule has 0 radical (unpaired) electrons. The van der Waals surface area contributed by atoms with Crippen LogP contribution in [0, 0.1) is 0 Å². The van der Waals surface area contributed by atoms with Crippen LogP contribution in [0.5, 0.6) is 0 Å². The van der Waals surface area contributed by atoms with Crippen molar-refractivity contribution in [2.24, 2.45) is 0 Å². The molecule has 0 spiro atoms. The van der Waals surface area contributed by atoms with Gasteiger partial charge in [0.05, 0.1) is 0 Å². The first-order chi connectivity index (χ1) is 16.0. The van der Waals surface area contributed by atoms with E-state index in [-0.39, 0.29) is 12.5 Å². The summed E-state index contributed by atoms with van der Waals surface area (Å²) in [7, 11) is 0. The predicted molar refractivity (Wildman–Crippen MR) is 124 cm³/mol. The van der Waals surface area contributed by atoms with E-state index in [2.05, 4.69) is 17.4 Å². The number of benzene rings is 2. The van der Waals surface area contributed by atoms with Crippen molar-refractivity contribution in [3.8, 4) is 11.1 Å². The zero-order valence-electron chi connectivity index (χ0n) is 18.8. The van der Waals surface area contributed by atoms with Gasteiger partial charge in [0.25, 0.3) is 0 Å². The molecule has 2 amide bonds. The molecule has 1 heterocycles. The first-order valence-electron chi connectivity index (χ1n) is 11.6. The van der Waals surface area contributed by atoms with E-state index < -0.39 is 30.1 Å². The largest absolute Gasteiger partial charge is 0.480 e. The SMILES string of the molecule is C[C@H](NC(=O)OCC1c2ccccc2-c2ccccc21)C(=O)N1CCCCCCC1C(=O)O. The molecule has 4 rings (SSSR count). The Morgan fingerprint density at radius 1 is 1.00 bits per heavy atom. The number of aliphatic carboxylic acids is 1. The summed E-state index contributed by atoms with van der Waals surface area (Å²) in [5.74, 6) is -1.46. The van der Waals surface area contributed by atoms with Gasteiger partial charge in [-0.15, -0.1) is 0 Å². The minimum atomic E-state index is -1.00. The summed E-state index contributed by atoms with van der Waals surface area (Å²) < 4.78 is 5.53. The van der Waals surface area contributed by atoms with Gasteiger partial charge in [-0.1, -0.05) is 67.8 Å². The van der Waals surface area contributed by atoms with Gasteiger partial charge < -0.3 is 20.1 Å². The van der Waals surface area contributed by atoms with Crippen molar-refractivity contribution in [2.75, 3.05) is 13.2 Å². The lowest BCUT2D eigenvalue weighted by Gasteiger charge is -2.32. The molecule has 0 saturated carbocycles. The number of hydrogen-bond donors (Lipinski definition) is 2. The number of likely N-dealkylation sites (tertiary alicyclic amines) is 1. The van der Waals surface area contributed by atoms with E-state index >= 15 is 0 Å². The number of amides is 2. The normalized spacial score (nSPS) is 18.9. The van der Waals surface area contributed by atoms with Crippen LogP contribution in [0.1, 0.15) is 56.1 Å². The van der Waals surface area contributed by atoms with Crippen LogP contribution < -0.4 is 5.32 Å². The summed E-state index contributed by atoms with van der Waals surface area (Å²) in [6.07, 6.45) is 3.21. The Hall–Kier alpha value is -3.35. The van der Waals surface area contributed by atoms with Crippen LogP contribution in [0.3, 0.4) is 0 Å². The first-order valence-corrected chi connectivity index (χ1v) is 11.6. The molecule has 2 aliphatic rings. The molecule has 7 heteroatoms. The lowest BCUT2D eigenvalue weighted by atomic mass is 9.98. The summed E-state index contributed by atoms with van der Waals surface area (Å²) in [5.41, 5.74) is 4.51. The maximum Gasteiger partial charge on any atom is 0.407 e. The van der Waals surface area contributed by atoms with Crippen LogP contribution in [-0.4, -0.2) is 53.2 Å². The van der Waals surface area contributed by atoms with Gasteiger partial charge in [0, 0.05) is 12.5 Å². The molecule has 0 aromatic heterocycles. The number of rotatable bonds is 5. The third-order valence-electron chi connectivity index (χ3n) is 6.62. The van der Waals surface area contributed by atoms with E-state index in [0.717, 1.165) is 47.9 Å². The van der Waals surface area contributed by atoms with E-state index in [1.807, 2.05) is 36.4 Å². The van der Waals surface area contributed by atoms with Crippen LogP contribution in [0.4, 0.5) is 4.79 Å². The smallest absolute Gasteiger partial charge is 0.407 e. The topological polar surface area (TPSA) is 95.9 Å². The van der Waals surface area contributed by atoms with Gasteiger partial charge in [0.1, 0.15) is 18.7 Å². The van der Waals surface area contributed by atoms with Gasteiger partial charge >= 0.3 is 12.1 Å². The maximum absolute atomic E-state index is 13.0.